The van der Waals surface area contributed by atoms with Gasteiger partial charge in [-0.2, -0.15) is 5.10 Å². The molecule has 0 radical (unpaired) electrons. The number of aryl methyl sites for hydroxylation is 1. The van der Waals surface area contributed by atoms with Crippen molar-refractivity contribution in [1.82, 2.24) is 9.78 Å². The van der Waals surface area contributed by atoms with Crippen molar-refractivity contribution in [2.24, 2.45) is 7.05 Å². The molecule has 1 N–H and O–H groups in total. The number of fused-ring (bicyclic) bond motifs is 1. The number of nitrogens with one attached hydrogen (secondary N) is 1. The molecule has 0 aliphatic carbocycles. The molecule has 1 saturated heterocycles. The Bertz CT molecular complexity index is 1140. The van der Waals surface area contributed by atoms with Crippen LogP contribution in [0.2, 0.25) is 0 Å². The first-order valence-corrected chi connectivity index (χ1v) is 9.98. The summed E-state index contributed by atoms with van der Waals surface area (Å²) >= 11 is 0. The molecule has 3 aromatic carbocycles. The number of benzene rings is 3. The number of anilines is 3. The van der Waals surface area contributed by atoms with E-state index in [2.05, 4.69) is 82.0 Å². The van der Waals surface area contributed by atoms with Crippen molar-refractivity contribution in [2.45, 2.75) is 0 Å². The molecule has 4 aromatic rings. The molecule has 0 amide bonds. The van der Waals surface area contributed by atoms with Crippen LogP contribution in [-0.4, -0.2) is 36.1 Å². The molecular weight excluding hydrogens is 360 g/mol. The van der Waals surface area contributed by atoms with Gasteiger partial charge in [0.1, 0.15) is 0 Å². The van der Waals surface area contributed by atoms with Crippen LogP contribution in [0.3, 0.4) is 0 Å². The van der Waals surface area contributed by atoms with Crippen molar-refractivity contribution >= 4 is 28.0 Å². The quantitative estimate of drug-likeness (QED) is 0.548. The first-order valence-electron chi connectivity index (χ1n) is 9.98. The molecule has 5 nitrogen and oxygen atoms in total. The Morgan fingerprint density at radius 3 is 2.48 bits per heavy atom. The van der Waals surface area contributed by atoms with Crippen LogP contribution < -0.4 is 10.2 Å². The molecule has 0 bridgehead atoms. The first kappa shape index (κ1) is 17.8. The standard InChI is InChI=1S/C24H24N4O/c1-27-24-9-8-19(14-20(24)17-25-27)18-4-2-5-21(15-18)26-22-6-3-7-23(16-22)28-10-12-29-13-11-28/h2-9,14-17,26H,10-13H2,1H3. The minimum absolute atomic E-state index is 0.793. The van der Waals surface area contributed by atoms with Crippen molar-refractivity contribution in [2.75, 3.05) is 36.5 Å². The number of morpholine rings is 1. The van der Waals surface area contributed by atoms with E-state index in [1.54, 1.807) is 0 Å². The summed E-state index contributed by atoms with van der Waals surface area (Å²) in [5.74, 6) is 0. The zero-order chi connectivity index (χ0) is 19.6. The van der Waals surface area contributed by atoms with E-state index in [1.807, 2.05) is 17.9 Å². The largest absolute Gasteiger partial charge is 0.378 e. The van der Waals surface area contributed by atoms with Crippen LogP contribution in [-0.2, 0) is 11.8 Å². The highest BCUT2D eigenvalue weighted by Gasteiger charge is 2.11. The lowest BCUT2D eigenvalue weighted by Gasteiger charge is -2.29. The normalized spacial score (nSPS) is 14.3. The highest BCUT2D eigenvalue weighted by molar-refractivity contribution is 5.85. The van der Waals surface area contributed by atoms with Gasteiger partial charge < -0.3 is 15.0 Å². The average Bonchev–Trinajstić information content (AvgIpc) is 3.15. The van der Waals surface area contributed by atoms with Gasteiger partial charge in [0, 0.05) is 42.6 Å². The molecule has 5 heteroatoms. The highest BCUT2D eigenvalue weighted by atomic mass is 16.5. The molecule has 1 fully saturated rings. The zero-order valence-corrected chi connectivity index (χ0v) is 16.5. The molecule has 0 unspecified atom stereocenters. The average molecular weight is 384 g/mol. The number of rotatable bonds is 4. The van der Waals surface area contributed by atoms with E-state index in [9.17, 15) is 0 Å². The van der Waals surface area contributed by atoms with Crippen LogP contribution in [0.5, 0.6) is 0 Å². The predicted octanol–water partition coefficient (Wildman–Crippen LogP) is 4.82. The SMILES string of the molecule is Cn1ncc2cc(-c3cccc(Nc4cccc(N5CCOCC5)c4)c3)ccc21. The van der Waals surface area contributed by atoms with Crippen molar-refractivity contribution in [3.63, 3.8) is 0 Å². The second-order valence-corrected chi connectivity index (χ2v) is 7.40. The molecule has 0 saturated carbocycles. The maximum Gasteiger partial charge on any atom is 0.0679 e. The number of aromatic nitrogens is 2. The molecule has 0 atom stereocenters. The van der Waals surface area contributed by atoms with Crippen LogP contribution in [0.4, 0.5) is 17.1 Å². The van der Waals surface area contributed by atoms with Crippen LogP contribution in [0.15, 0.2) is 72.9 Å². The summed E-state index contributed by atoms with van der Waals surface area (Å²) in [7, 11) is 1.97. The smallest absolute Gasteiger partial charge is 0.0679 e. The fraction of sp³-hybridized carbons (Fsp3) is 0.208. The molecule has 2 heterocycles. The van der Waals surface area contributed by atoms with Gasteiger partial charge in [-0.3, -0.25) is 4.68 Å². The van der Waals surface area contributed by atoms with Crippen LogP contribution in [0, 0.1) is 0 Å². The van der Waals surface area contributed by atoms with Gasteiger partial charge in [-0.1, -0.05) is 24.3 Å². The van der Waals surface area contributed by atoms with Gasteiger partial charge >= 0.3 is 0 Å². The van der Waals surface area contributed by atoms with E-state index in [4.69, 9.17) is 4.74 Å². The molecule has 1 aliphatic rings. The molecule has 1 aliphatic heterocycles. The second kappa shape index (κ2) is 7.60. The van der Waals surface area contributed by atoms with Crippen LogP contribution in [0.25, 0.3) is 22.0 Å². The first-order chi connectivity index (χ1) is 14.3. The van der Waals surface area contributed by atoms with Crippen molar-refractivity contribution in [3.8, 4) is 11.1 Å². The van der Waals surface area contributed by atoms with Gasteiger partial charge in [0.05, 0.1) is 24.9 Å². The monoisotopic (exact) mass is 384 g/mol. The van der Waals surface area contributed by atoms with E-state index in [0.29, 0.717) is 0 Å². The number of hydrogen-bond donors (Lipinski definition) is 1. The summed E-state index contributed by atoms with van der Waals surface area (Å²) in [6.45, 7) is 3.47. The van der Waals surface area contributed by atoms with E-state index in [-0.39, 0.29) is 0 Å². The number of ether oxygens (including phenoxy) is 1. The second-order valence-electron chi connectivity index (χ2n) is 7.40. The van der Waals surface area contributed by atoms with Gasteiger partial charge in [-0.15, -0.1) is 0 Å². The lowest BCUT2D eigenvalue weighted by Crippen LogP contribution is -2.36. The van der Waals surface area contributed by atoms with Gasteiger partial charge in [0.15, 0.2) is 0 Å². The number of nitrogens with zero attached hydrogens (tertiary/aromatic N) is 3. The Labute approximate surface area is 170 Å². The fourth-order valence-corrected chi connectivity index (χ4v) is 3.89. The van der Waals surface area contributed by atoms with Crippen LogP contribution >= 0.6 is 0 Å². The van der Waals surface area contributed by atoms with E-state index in [0.717, 1.165) is 48.6 Å². The minimum Gasteiger partial charge on any atom is -0.378 e. The van der Waals surface area contributed by atoms with E-state index < -0.39 is 0 Å². The predicted molar refractivity (Wildman–Crippen MR) is 119 cm³/mol. The van der Waals surface area contributed by atoms with Gasteiger partial charge in [0.25, 0.3) is 0 Å². The molecule has 29 heavy (non-hydrogen) atoms. The van der Waals surface area contributed by atoms with Crippen molar-refractivity contribution in [3.05, 3.63) is 72.9 Å². The summed E-state index contributed by atoms with van der Waals surface area (Å²) in [6.07, 6.45) is 1.91. The topological polar surface area (TPSA) is 42.3 Å². The van der Waals surface area contributed by atoms with Gasteiger partial charge in [-0.05, 0) is 53.6 Å². The third-order valence-electron chi connectivity index (χ3n) is 5.45. The Morgan fingerprint density at radius 2 is 1.62 bits per heavy atom. The third kappa shape index (κ3) is 3.69. The lowest BCUT2D eigenvalue weighted by molar-refractivity contribution is 0.122. The summed E-state index contributed by atoms with van der Waals surface area (Å²) in [6, 6.07) is 23.6. The minimum atomic E-state index is 0.793. The Kier molecular flexibility index (Phi) is 4.66. The molecule has 1 aromatic heterocycles. The maximum absolute atomic E-state index is 5.47. The Balaban J connectivity index is 1.39. The lowest BCUT2D eigenvalue weighted by atomic mass is 10.0. The molecule has 146 valence electrons. The highest BCUT2D eigenvalue weighted by Crippen LogP contribution is 2.28. The summed E-state index contributed by atoms with van der Waals surface area (Å²) in [4.78, 5) is 2.37. The Hall–Kier alpha value is -3.31. The number of hydrogen-bond acceptors (Lipinski definition) is 4. The van der Waals surface area contributed by atoms with Crippen molar-refractivity contribution < 1.29 is 4.74 Å². The third-order valence-corrected chi connectivity index (χ3v) is 5.45. The van der Waals surface area contributed by atoms with Crippen molar-refractivity contribution in [1.29, 1.82) is 0 Å². The fourth-order valence-electron chi connectivity index (χ4n) is 3.89. The molecule has 5 rings (SSSR count). The zero-order valence-electron chi connectivity index (χ0n) is 16.5. The maximum atomic E-state index is 5.47. The van der Waals surface area contributed by atoms with Gasteiger partial charge in [-0.25, -0.2) is 0 Å². The van der Waals surface area contributed by atoms with E-state index in [1.165, 1.54) is 16.8 Å². The summed E-state index contributed by atoms with van der Waals surface area (Å²) in [5, 5.41) is 9.06. The van der Waals surface area contributed by atoms with Crippen LogP contribution in [0.1, 0.15) is 0 Å². The Morgan fingerprint density at radius 1 is 0.862 bits per heavy atom. The summed E-state index contributed by atoms with van der Waals surface area (Å²) < 4.78 is 7.37. The summed E-state index contributed by atoms with van der Waals surface area (Å²) in [5.41, 5.74) is 6.92. The molecule has 0 spiro atoms. The van der Waals surface area contributed by atoms with E-state index >= 15 is 0 Å². The van der Waals surface area contributed by atoms with Gasteiger partial charge in [0.2, 0.25) is 0 Å². The molecular formula is C24H24N4O.